The second-order valence-corrected chi connectivity index (χ2v) is 6.63. The molecule has 0 unspecified atom stereocenters. The molecule has 0 aliphatic heterocycles. The van der Waals surface area contributed by atoms with Crippen molar-refractivity contribution in [2.24, 2.45) is 5.41 Å². The third-order valence-electron chi connectivity index (χ3n) is 3.84. The second-order valence-electron chi connectivity index (χ2n) is 6.63. The Morgan fingerprint density at radius 1 is 0.920 bits per heavy atom. The predicted molar refractivity (Wildman–Crippen MR) is 100 cm³/mol. The van der Waals surface area contributed by atoms with Gasteiger partial charge in [0.15, 0.2) is 0 Å². The monoisotopic (exact) mass is 347 g/mol. The summed E-state index contributed by atoms with van der Waals surface area (Å²) < 4.78 is 0. The van der Waals surface area contributed by atoms with Gasteiger partial charge in [-0.25, -0.2) is 0 Å². The van der Waals surface area contributed by atoms with Crippen LogP contribution in [0.5, 0.6) is 0 Å². The Kier molecular flexibility index (Phi) is 7.61. The molecule has 25 heavy (non-hydrogen) atoms. The number of hydrogen-bond acceptors (Lipinski definition) is 3. The molecule has 0 fully saturated rings. The van der Waals surface area contributed by atoms with Gasteiger partial charge in [-0.05, 0) is 51.0 Å². The lowest BCUT2D eigenvalue weighted by atomic mass is 9.90. The molecule has 0 aliphatic carbocycles. The van der Waals surface area contributed by atoms with Crippen LogP contribution in [-0.4, -0.2) is 35.7 Å². The highest BCUT2D eigenvalue weighted by Crippen LogP contribution is 2.23. The van der Waals surface area contributed by atoms with E-state index in [9.17, 15) is 14.4 Å². The third kappa shape index (κ3) is 5.89. The molecule has 0 aliphatic rings. The highest BCUT2D eigenvalue weighted by atomic mass is 16.2. The summed E-state index contributed by atoms with van der Waals surface area (Å²) in [7, 11) is 0. The van der Waals surface area contributed by atoms with Crippen molar-refractivity contribution < 1.29 is 14.4 Å². The fourth-order valence-electron chi connectivity index (χ4n) is 2.47. The Hall–Kier alpha value is -2.37. The molecular weight excluding hydrogens is 318 g/mol. The van der Waals surface area contributed by atoms with E-state index in [2.05, 4.69) is 10.6 Å². The highest BCUT2D eigenvalue weighted by molar-refractivity contribution is 6.09. The average molecular weight is 347 g/mol. The number of rotatable bonds is 8. The summed E-state index contributed by atoms with van der Waals surface area (Å²) in [6.45, 7) is 10.0. The summed E-state index contributed by atoms with van der Waals surface area (Å²) in [5, 5.41) is 5.45. The van der Waals surface area contributed by atoms with Crippen molar-refractivity contribution in [3.63, 3.8) is 0 Å². The quantitative estimate of drug-likeness (QED) is 0.709. The lowest BCUT2D eigenvalue weighted by Crippen LogP contribution is -2.47. The van der Waals surface area contributed by atoms with Gasteiger partial charge in [-0.2, -0.15) is 0 Å². The molecule has 2 N–H and O–H groups in total. The van der Waals surface area contributed by atoms with Crippen LogP contribution in [0.15, 0.2) is 24.3 Å². The Bertz CT molecular complexity index is 603. The van der Waals surface area contributed by atoms with Gasteiger partial charge in [-0.3, -0.25) is 14.4 Å². The first kappa shape index (κ1) is 20.7. The molecule has 0 aromatic heterocycles. The summed E-state index contributed by atoms with van der Waals surface area (Å²) >= 11 is 0. The van der Waals surface area contributed by atoms with Crippen LogP contribution in [0.4, 0.5) is 11.4 Å². The number of amides is 3. The maximum absolute atomic E-state index is 12.8. The van der Waals surface area contributed by atoms with E-state index in [-0.39, 0.29) is 17.7 Å². The van der Waals surface area contributed by atoms with Crippen LogP contribution in [0.3, 0.4) is 0 Å². The number of anilines is 2. The largest absolute Gasteiger partial charge is 0.342 e. The standard InChI is InChI=1S/C19H29N3O3/c1-6-12-22(13-7-2)18(25)19(4,5)17(24)21-16-10-8-15(9-11-16)20-14(3)23/h8-11H,6-7,12-13H2,1-5H3,(H,20,23)(H,21,24). The van der Waals surface area contributed by atoms with E-state index in [1.165, 1.54) is 6.92 Å². The lowest BCUT2D eigenvalue weighted by molar-refractivity contribution is -0.146. The van der Waals surface area contributed by atoms with Gasteiger partial charge in [0, 0.05) is 31.4 Å². The molecule has 0 saturated carbocycles. The summed E-state index contributed by atoms with van der Waals surface area (Å²) in [5.41, 5.74) is 0.0797. The first-order valence-electron chi connectivity index (χ1n) is 8.70. The summed E-state index contributed by atoms with van der Waals surface area (Å²) in [6.07, 6.45) is 1.71. The molecular formula is C19H29N3O3. The van der Waals surface area contributed by atoms with Crippen LogP contribution in [0, 0.1) is 5.41 Å². The van der Waals surface area contributed by atoms with E-state index in [0.717, 1.165) is 12.8 Å². The zero-order chi connectivity index (χ0) is 19.0. The molecule has 0 saturated heterocycles. The van der Waals surface area contributed by atoms with Gasteiger partial charge in [-0.15, -0.1) is 0 Å². The predicted octanol–water partition coefficient (Wildman–Crippen LogP) is 3.26. The van der Waals surface area contributed by atoms with Crippen molar-refractivity contribution in [3.8, 4) is 0 Å². The summed E-state index contributed by atoms with van der Waals surface area (Å²) in [5.74, 6) is -0.666. The van der Waals surface area contributed by atoms with Crippen molar-refractivity contribution in [1.82, 2.24) is 4.90 Å². The highest BCUT2D eigenvalue weighted by Gasteiger charge is 2.38. The summed E-state index contributed by atoms with van der Waals surface area (Å²) in [4.78, 5) is 38.2. The van der Waals surface area contributed by atoms with Gasteiger partial charge in [-0.1, -0.05) is 13.8 Å². The topological polar surface area (TPSA) is 78.5 Å². The minimum Gasteiger partial charge on any atom is -0.342 e. The minimum absolute atomic E-state index is 0.157. The molecule has 3 amide bonds. The molecule has 6 nitrogen and oxygen atoms in total. The van der Waals surface area contributed by atoms with Crippen LogP contribution < -0.4 is 10.6 Å². The number of carbonyl (C=O) groups excluding carboxylic acids is 3. The molecule has 6 heteroatoms. The van der Waals surface area contributed by atoms with Crippen molar-refractivity contribution in [3.05, 3.63) is 24.3 Å². The Balaban J connectivity index is 2.82. The zero-order valence-electron chi connectivity index (χ0n) is 15.8. The van der Waals surface area contributed by atoms with E-state index in [1.54, 1.807) is 43.0 Å². The van der Waals surface area contributed by atoms with Gasteiger partial charge < -0.3 is 15.5 Å². The molecule has 1 aromatic rings. The van der Waals surface area contributed by atoms with Gasteiger partial charge in [0.2, 0.25) is 17.7 Å². The van der Waals surface area contributed by atoms with Crippen LogP contribution >= 0.6 is 0 Å². The Labute approximate surface area is 150 Å². The van der Waals surface area contributed by atoms with Gasteiger partial charge in [0.1, 0.15) is 5.41 Å². The molecule has 0 heterocycles. The fourth-order valence-corrected chi connectivity index (χ4v) is 2.47. The van der Waals surface area contributed by atoms with Crippen LogP contribution in [0.1, 0.15) is 47.5 Å². The third-order valence-corrected chi connectivity index (χ3v) is 3.84. The van der Waals surface area contributed by atoms with Crippen LogP contribution in [-0.2, 0) is 14.4 Å². The molecule has 1 rings (SSSR count). The fraction of sp³-hybridized carbons (Fsp3) is 0.526. The van der Waals surface area contributed by atoms with Crippen molar-refractivity contribution in [1.29, 1.82) is 0 Å². The average Bonchev–Trinajstić information content (AvgIpc) is 2.55. The van der Waals surface area contributed by atoms with E-state index < -0.39 is 5.41 Å². The van der Waals surface area contributed by atoms with Crippen LogP contribution in [0.2, 0.25) is 0 Å². The molecule has 0 radical (unpaired) electrons. The first-order valence-corrected chi connectivity index (χ1v) is 8.70. The lowest BCUT2D eigenvalue weighted by Gasteiger charge is -2.30. The maximum Gasteiger partial charge on any atom is 0.239 e. The number of carbonyl (C=O) groups is 3. The maximum atomic E-state index is 12.8. The number of nitrogens with one attached hydrogen (secondary N) is 2. The first-order chi connectivity index (χ1) is 11.7. The van der Waals surface area contributed by atoms with Gasteiger partial charge in [0.05, 0.1) is 0 Å². The molecule has 0 bridgehead atoms. The van der Waals surface area contributed by atoms with Crippen molar-refractivity contribution in [2.75, 3.05) is 23.7 Å². The Morgan fingerprint density at radius 2 is 1.36 bits per heavy atom. The number of nitrogens with zero attached hydrogens (tertiary/aromatic N) is 1. The Morgan fingerprint density at radius 3 is 1.76 bits per heavy atom. The molecule has 0 atom stereocenters. The normalized spacial score (nSPS) is 10.9. The van der Waals surface area contributed by atoms with Crippen molar-refractivity contribution >= 4 is 29.1 Å². The van der Waals surface area contributed by atoms with E-state index in [1.807, 2.05) is 13.8 Å². The van der Waals surface area contributed by atoms with E-state index >= 15 is 0 Å². The van der Waals surface area contributed by atoms with Gasteiger partial charge in [0.25, 0.3) is 0 Å². The number of benzene rings is 1. The minimum atomic E-state index is -1.15. The van der Waals surface area contributed by atoms with E-state index in [4.69, 9.17) is 0 Å². The van der Waals surface area contributed by atoms with Crippen LogP contribution in [0.25, 0.3) is 0 Å². The SMILES string of the molecule is CCCN(CCC)C(=O)C(C)(C)C(=O)Nc1ccc(NC(C)=O)cc1. The molecule has 138 valence electrons. The molecule has 1 aromatic carbocycles. The molecule has 0 spiro atoms. The van der Waals surface area contributed by atoms with Crippen molar-refractivity contribution in [2.45, 2.75) is 47.5 Å². The second kappa shape index (κ2) is 9.20. The number of hydrogen-bond donors (Lipinski definition) is 2. The van der Waals surface area contributed by atoms with E-state index in [0.29, 0.717) is 24.5 Å². The smallest absolute Gasteiger partial charge is 0.239 e. The zero-order valence-corrected chi connectivity index (χ0v) is 15.8. The van der Waals surface area contributed by atoms with Gasteiger partial charge >= 0.3 is 0 Å². The summed E-state index contributed by atoms with van der Waals surface area (Å²) in [6, 6.07) is 6.79.